The molecule has 228 valence electrons. The predicted octanol–water partition coefficient (Wildman–Crippen LogP) is 8.14. The molecule has 1 atom stereocenters. The van der Waals surface area contributed by atoms with Gasteiger partial charge in [-0.25, -0.2) is 9.78 Å². The fourth-order valence-electron chi connectivity index (χ4n) is 5.72. The van der Waals surface area contributed by atoms with Crippen LogP contribution in [0.5, 0.6) is 0 Å². The minimum absolute atomic E-state index is 0.00218. The van der Waals surface area contributed by atoms with Crippen molar-refractivity contribution in [2.75, 3.05) is 0 Å². The molecule has 6 nitrogen and oxygen atoms in total. The van der Waals surface area contributed by atoms with E-state index in [0.717, 1.165) is 16.7 Å². The number of hydrogen-bond donors (Lipinski definition) is 1. The summed E-state index contributed by atoms with van der Waals surface area (Å²) >= 11 is 0. The summed E-state index contributed by atoms with van der Waals surface area (Å²) in [6.45, 7) is 10.4. The van der Waals surface area contributed by atoms with E-state index in [4.69, 9.17) is 9.41 Å². The standard InChI is InChI=1S/C38H39N3O3Si/c1-36(2,3)45(4,5)44-37(35(42)43,30-23-21-29(26-39)22-24-30)25-34-27-41(28-40-34)38(31-15-9-6-10-16-31,32-17-11-7-12-18-32)33-19-13-8-14-20-33/h6-24,27-28H,25H2,1-5H3,(H,42,43). The van der Waals surface area contributed by atoms with Crippen LogP contribution >= 0.6 is 0 Å². The van der Waals surface area contributed by atoms with Gasteiger partial charge in [0.1, 0.15) is 5.54 Å². The monoisotopic (exact) mass is 613 g/mol. The molecule has 1 N–H and O–H groups in total. The van der Waals surface area contributed by atoms with Crippen LogP contribution in [0, 0.1) is 11.3 Å². The van der Waals surface area contributed by atoms with Crippen LogP contribution in [0.15, 0.2) is 128 Å². The van der Waals surface area contributed by atoms with Gasteiger partial charge in [0.15, 0.2) is 13.9 Å². The second kappa shape index (κ2) is 12.3. The normalized spacial score (nSPS) is 13.5. The third kappa shape index (κ3) is 5.87. The van der Waals surface area contributed by atoms with Crippen molar-refractivity contribution in [3.63, 3.8) is 0 Å². The number of aliphatic carboxylic acids is 1. The number of carboxylic acids is 1. The van der Waals surface area contributed by atoms with E-state index in [9.17, 15) is 15.2 Å². The largest absolute Gasteiger partial charge is 0.479 e. The SMILES string of the molecule is CC(C)(C)[Si](C)(C)OC(Cc1cn(C(c2ccccc2)(c2ccccc2)c2ccccc2)cn1)(C(=O)O)c1ccc(C#N)cc1. The quantitative estimate of drug-likeness (QED) is 0.127. The molecule has 0 radical (unpaired) electrons. The maximum Gasteiger partial charge on any atom is 0.340 e. The van der Waals surface area contributed by atoms with E-state index in [-0.39, 0.29) is 11.5 Å². The molecule has 4 aromatic carbocycles. The van der Waals surface area contributed by atoms with Crippen LogP contribution in [0.4, 0.5) is 0 Å². The van der Waals surface area contributed by atoms with Gasteiger partial charge in [-0.1, -0.05) is 124 Å². The highest BCUT2D eigenvalue weighted by molar-refractivity contribution is 6.74. The number of imidazole rings is 1. The van der Waals surface area contributed by atoms with Crippen LogP contribution < -0.4 is 0 Å². The van der Waals surface area contributed by atoms with Gasteiger partial charge in [-0.2, -0.15) is 5.26 Å². The smallest absolute Gasteiger partial charge is 0.340 e. The van der Waals surface area contributed by atoms with E-state index in [1.165, 1.54) is 0 Å². The lowest BCUT2D eigenvalue weighted by Gasteiger charge is -2.43. The Balaban J connectivity index is 1.72. The summed E-state index contributed by atoms with van der Waals surface area (Å²) in [4.78, 5) is 18.3. The van der Waals surface area contributed by atoms with E-state index >= 15 is 0 Å². The zero-order chi connectivity index (χ0) is 32.3. The fourth-order valence-corrected chi connectivity index (χ4v) is 7.18. The Hall–Kier alpha value is -4.77. The molecule has 1 aromatic heterocycles. The number of carbonyl (C=O) groups is 1. The van der Waals surface area contributed by atoms with Crippen molar-refractivity contribution in [3.05, 3.63) is 161 Å². The summed E-state index contributed by atoms with van der Waals surface area (Å²) in [7, 11) is -2.63. The highest BCUT2D eigenvalue weighted by Crippen LogP contribution is 2.45. The number of rotatable bonds is 10. The molecule has 5 rings (SSSR count). The zero-order valence-corrected chi connectivity index (χ0v) is 27.4. The Morgan fingerprint density at radius 3 is 1.67 bits per heavy atom. The lowest BCUT2D eigenvalue weighted by Crippen LogP contribution is -2.53. The lowest BCUT2D eigenvalue weighted by molar-refractivity contribution is -0.157. The summed E-state index contributed by atoms with van der Waals surface area (Å²) in [5, 5.41) is 20.2. The first-order valence-electron chi connectivity index (χ1n) is 15.1. The molecule has 0 amide bonds. The number of nitriles is 1. The topological polar surface area (TPSA) is 88.1 Å². The van der Waals surface area contributed by atoms with Crippen LogP contribution in [-0.4, -0.2) is 28.9 Å². The van der Waals surface area contributed by atoms with Gasteiger partial charge < -0.3 is 14.1 Å². The number of nitrogens with zero attached hydrogens (tertiary/aromatic N) is 3. The van der Waals surface area contributed by atoms with Gasteiger partial charge in [-0.05, 0) is 52.5 Å². The van der Waals surface area contributed by atoms with Gasteiger partial charge in [0.25, 0.3) is 0 Å². The second-order valence-electron chi connectivity index (χ2n) is 12.9. The zero-order valence-electron chi connectivity index (χ0n) is 26.4. The van der Waals surface area contributed by atoms with E-state index in [0.29, 0.717) is 16.8 Å². The van der Waals surface area contributed by atoms with E-state index in [2.05, 4.69) is 80.9 Å². The van der Waals surface area contributed by atoms with Gasteiger partial charge >= 0.3 is 5.97 Å². The summed E-state index contributed by atoms with van der Waals surface area (Å²) < 4.78 is 8.95. The molecule has 0 saturated carbocycles. The predicted molar refractivity (Wildman–Crippen MR) is 179 cm³/mol. The van der Waals surface area contributed by atoms with Crippen molar-refractivity contribution in [2.24, 2.45) is 0 Å². The average molecular weight is 614 g/mol. The molecule has 0 aliphatic carbocycles. The third-order valence-corrected chi connectivity index (χ3v) is 13.6. The summed E-state index contributed by atoms with van der Waals surface area (Å²) in [6, 6.07) is 39.6. The molecule has 0 saturated heterocycles. The summed E-state index contributed by atoms with van der Waals surface area (Å²) in [5.74, 6) is -1.09. The first kappa shape index (κ1) is 31.6. The molecule has 0 aliphatic rings. The minimum atomic E-state index is -2.63. The Labute approximate surface area is 266 Å². The number of benzene rings is 4. The van der Waals surface area contributed by atoms with E-state index in [1.807, 2.05) is 60.8 Å². The second-order valence-corrected chi connectivity index (χ2v) is 17.7. The van der Waals surface area contributed by atoms with Crippen molar-refractivity contribution in [3.8, 4) is 6.07 Å². The lowest BCUT2D eigenvalue weighted by atomic mass is 9.76. The number of carboxylic acid groups (broad SMARTS) is 1. The Bertz CT molecular complexity index is 1690. The summed E-state index contributed by atoms with van der Waals surface area (Å²) in [5.41, 5.74) is 2.14. The van der Waals surface area contributed by atoms with Gasteiger partial charge in [0.05, 0.1) is 23.7 Å². The molecule has 5 aromatic rings. The molecule has 0 spiro atoms. The first-order valence-corrected chi connectivity index (χ1v) is 18.0. The number of hydrogen-bond acceptors (Lipinski definition) is 4. The Kier molecular flexibility index (Phi) is 8.66. The maximum absolute atomic E-state index is 13.5. The molecule has 0 fully saturated rings. The molecule has 1 unspecified atom stereocenters. The molecular formula is C38H39N3O3Si. The molecule has 1 heterocycles. The van der Waals surface area contributed by atoms with Crippen molar-refractivity contribution in [2.45, 2.75) is 56.5 Å². The average Bonchev–Trinajstić information content (AvgIpc) is 3.50. The van der Waals surface area contributed by atoms with Crippen molar-refractivity contribution >= 4 is 14.3 Å². The minimum Gasteiger partial charge on any atom is -0.479 e. The van der Waals surface area contributed by atoms with Crippen LogP contribution in [0.25, 0.3) is 0 Å². The van der Waals surface area contributed by atoms with E-state index < -0.39 is 25.4 Å². The van der Waals surface area contributed by atoms with Gasteiger partial charge in [-0.15, -0.1) is 0 Å². The first-order chi connectivity index (χ1) is 21.4. The van der Waals surface area contributed by atoms with Crippen LogP contribution in [0.1, 0.15) is 54.3 Å². The van der Waals surface area contributed by atoms with Gasteiger partial charge in [-0.3, -0.25) is 0 Å². The highest BCUT2D eigenvalue weighted by Gasteiger charge is 2.51. The molecule has 7 heteroatoms. The van der Waals surface area contributed by atoms with E-state index in [1.54, 1.807) is 30.6 Å². The van der Waals surface area contributed by atoms with Crippen molar-refractivity contribution in [1.29, 1.82) is 5.26 Å². The molecule has 0 aliphatic heterocycles. The number of aromatic nitrogens is 2. The molecule has 45 heavy (non-hydrogen) atoms. The highest BCUT2D eigenvalue weighted by atomic mass is 28.4. The van der Waals surface area contributed by atoms with Gasteiger partial charge in [0, 0.05) is 12.6 Å². The van der Waals surface area contributed by atoms with Crippen molar-refractivity contribution < 1.29 is 14.3 Å². The van der Waals surface area contributed by atoms with Crippen LogP contribution in [0.2, 0.25) is 18.1 Å². The molecular weight excluding hydrogens is 575 g/mol. The van der Waals surface area contributed by atoms with Crippen molar-refractivity contribution in [1.82, 2.24) is 9.55 Å². The third-order valence-electron chi connectivity index (χ3n) is 9.09. The molecule has 0 bridgehead atoms. The maximum atomic E-state index is 13.5. The Morgan fingerprint density at radius 2 is 1.27 bits per heavy atom. The summed E-state index contributed by atoms with van der Waals surface area (Å²) in [6.07, 6.45) is 3.74. The fraction of sp³-hybridized carbons (Fsp3) is 0.237. The Morgan fingerprint density at radius 1 is 0.800 bits per heavy atom. The van der Waals surface area contributed by atoms with Crippen LogP contribution in [0.3, 0.4) is 0 Å². The van der Waals surface area contributed by atoms with Crippen LogP contribution in [-0.2, 0) is 26.8 Å². The van der Waals surface area contributed by atoms with Gasteiger partial charge in [0.2, 0.25) is 0 Å².